The van der Waals surface area contributed by atoms with Gasteiger partial charge in [-0.1, -0.05) is 33.7 Å². The largest absolute Gasteiger partial charge is 0.497 e. The minimum Gasteiger partial charge on any atom is -0.497 e. The molecule has 0 radical (unpaired) electrons. The van der Waals surface area contributed by atoms with E-state index >= 15 is 0 Å². The lowest BCUT2D eigenvalue weighted by molar-refractivity contribution is 0.0179. The first-order valence-electron chi connectivity index (χ1n) is 17.5. The molecule has 0 amide bonds. The second-order valence-electron chi connectivity index (χ2n) is 14.1. The summed E-state index contributed by atoms with van der Waals surface area (Å²) in [6, 6.07) is 18.1. The Labute approximate surface area is 292 Å². The molecule has 0 aliphatic carbocycles. The Hall–Kier alpha value is -3.04. The van der Waals surface area contributed by atoms with Crippen molar-refractivity contribution < 1.29 is 9.47 Å². The Morgan fingerprint density at radius 2 is 1.17 bits per heavy atom. The van der Waals surface area contributed by atoms with Gasteiger partial charge in [-0.05, 0) is 122 Å². The number of aromatic nitrogens is 2. The Bertz CT molecular complexity index is 1690. The first-order valence-corrected chi connectivity index (χ1v) is 19.8. The standard InChI is InChI=1S/C40H46N4O2S2/c1-5-25-23-43-17-13-27(25)19-37(43)39(31-11-15-41-35-9-7-29(45-3)21-33(31)35)47-48-40(38-20-28-14-18-44(38)24-26(28)6-2)32-12-16-42-36-10-8-30(46-4)22-34(32)36/h5-12,15-16,21-22,25-28,37-40H,1-2,13-14,17-20,23-24H2,3-4H3/t25-,26-,27-,28-,37-,38-,39+,40+/m0/s1. The fraction of sp³-hybridized carbons (Fsp3) is 0.450. The van der Waals surface area contributed by atoms with Gasteiger partial charge in [0.25, 0.3) is 0 Å². The van der Waals surface area contributed by atoms with Crippen LogP contribution in [-0.2, 0) is 0 Å². The molecular formula is C40H46N4O2S2. The number of fused-ring (bicyclic) bond motifs is 8. The molecule has 6 saturated heterocycles. The lowest BCUT2D eigenvalue weighted by Crippen LogP contribution is -2.54. The average molecular weight is 679 g/mol. The maximum absolute atomic E-state index is 5.73. The Balaban J connectivity index is 1.21. The van der Waals surface area contributed by atoms with Crippen molar-refractivity contribution >= 4 is 43.4 Å². The van der Waals surface area contributed by atoms with Crippen molar-refractivity contribution in [3.63, 3.8) is 0 Å². The number of methoxy groups -OCH3 is 2. The molecule has 2 aromatic heterocycles. The zero-order valence-electron chi connectivity index (χ0n) is 28.0. The van der Waals surface area contributed by atoms with Gasteiger partial charge in [0.2, 0.25) is 0 Å². The van der Waals surface area contributed by atoms with Crippen LogP contribution in [0.25, 0.3) is 21.8 Å². The van der Waals surface area contributed by atoms with E-state index in [9.17, 15) is 0 Å². The van der Waals surface area contributed by atoms with E-state index in [2.05, 4.69) is 93.1 Å². The number of hydrogen-bond donors (Lipinski definition) is 0. The molecule has 6 aliphatic heterocycles. The maximum Gasteiger partial charge on any atom is 0.119 e. The fourth-order valence-corrected chi connectivity index (χ4v) is 13.0. The SMILES string of the molecule is C=C[C@H]1CN2CC[C@H]1C[C@H]2[C@H](SS[C@H](c1ccnc2ccc(OC)cc12)[C@@H]1C[C@@H]2CCN1C[C@@H]2C=C)c1ccnc2ccc(OC)cc12. The molecule has 6 nitrogen and oxygen atoms in total. The van der Waals surface area contributed by atoms with E-state index in [1.807, 2.05) is 24.5 Å². The van der Waals surface area contributed by atoms with Crippen LogP contribution in [0.4, 0.5) is 0 Å². The second kappa shape index (κ2) is 13.7. The van der Waals surface area contributed by atoms with Crippen LogP contribution in [0.5, 0.6) is 11.5 Å². The molecule has 250 valence electrons. The highest BCUT2D eigenvalue weighted by Crippen LogP contribution is 2.57. The number of rotatable bonds is 11. The molecule has 4 bridgehead atoms. The minimum absolute atomic E-state index is 0.267. The third kappa shape index (κ3) is 5.82. The van der Waals surface area contributed by atoms with Crippen molar-refractivity contribution in [1.29, 1.82) is 0 Å². The Morgan fingerprint density at radius 1 is 0.708 bits per heavy atom. The monoisotopic (exact) mass is 678 g/mol. The molecule has 10 atom stereocenters. The van der Waals surface area contributed by atoms with Crippen LogP contribution in [0.15, 0.2) is 86.2 Å². The predicted octanol–water partition coefficient (Wildman–Crippen LogP) is 8.76. The van der Waals surface area contributed by atoms with Crippen molar-refractivity contribution in [3.8, 4) is 11.5 Å². The van der Waals surface area contributed by atoms with E-state index in [1.54, 1.807) is 14.2 Å². The van der Waals surface area contributed by atoms with Crippen molar-refractivity contribution in [2.75, 3.05) is 40.4 Å². The predicted molar refractivity (Wildman–Crippen MR) is 201 cm³/mol. The highest BCUT2D eigenvalue weighted by molar-refractivity contribution is 8.76. The van der Waals surface area contributed by atoms with Crippen LogP contribution in [0.3, 0.4) is 0 Å². The number of pyridine rings is 2. The molecule has 4 aromatic rings. The normalized spacial score (nSPS) is 30.6. The summed E-state index contributed by atoms with van der Waals surface area (Å²) < 4.78 is 11.5. The van der Waals surface area contributed by atoms with E-state index in [0.29, 0.717) is 35.8 Å². The van der Waals surface area contributed by atoms with Crippen molar-refractivity contribution in [2.24, 2.45) is 23.7 Å². The first-order chi connectivity index (χ1) is 23.6. The summed E-state index contributed by atoms with van der Waals surface area (Å²) in [5, 5.41) is 2.93. The molecule has 2 aromatic carbocycles. The van der Waals surface area contributed by atoms with Gasteiger partial charge in [-0.15, -0.1) is 13.2 Å². The molecule has 8 heterocycles. The highest BCUT2D eigenvalue weighted by atomic mass is 33.1. The van der Waals surface area contributed by atoms with Crippen LogP contribution in [0.2, 0.25) is 0 Å². The van der Waals surface area contributed by atoms with Crippen LogP contribution < -0.4 is 9.47 Å². The number of nitrogens with zero attached hydrogens (tertiary/aromatic N) is 4. The molecule has 8 heteroatoms. The number of benzene rings is 2. The summed E-state index contributed by atoms with van der Waals surface area (Å²) in [6.45, 7) is 13.0. The molecule has 0 spiro atoms. The van der Waals surface area contributed by atoms with Crippen LogP contribution in [0.1, 0.15) is 47.3 Å². The van der Waals surface area contributed by atoms with Crippen LogP contribution >= 0.6 is 21.6 Å². The van der Waals surface area contributed by atoms with Gasteiger partial charge < -0.3 is 9.47 Å². The quantitative estimate of drug-likeness (QED) is 0.115. The second-order valence-corrected chi connectivity index (χ2v) is 16.6. The zero-order chi connectivity index (χ0) is 32.8. The van der Waals surface area contributed by atoms with Crippen LogP contribution in [0, 0.1) is 23.7 Å². The van der Waals surface area contributed by atoms with Gasteiger partial charge in [0.05, 0.1) is 35.8 Å². The van der Waals surface area contributed by atoms with Crippen molar-refractivity contribution in [3.05, 3.63) is 97.4 Å². The van der Waals surface area contributed by atoms with Crippen molar-refractivity contribution in [2.45, 2.75) is 48.3 Å². The first kappa shape index (κ1) is 32.2. The van der Waals surface area contributed by atoms with E-state index in [-0.39, 0.29) is 10.5 Å². The molecule has 6 aliphatic rings. The third-order valence-corrected chi connectivity index (χ3v) is 15.1. The van der Waals surface area contributed by atoms with Gasteiger partial charge in [-0.3, -0.25) is 19.8 Å². The fourth-order valence-electron chi connectivity index (χ4n) is 9.19. The molecular weight excluding hydrogens is 633 g/mol. The van der Waals surface area contributed by atoms with Crippen LogP contribution in [-0.4, -0.2) is 72.3 Å². The van der Waals surface area contributed by atoms with Gasteiger partial charge >= 0.3 is 0 Å². The summed E-state index contributed by atoms with van der Waals surface area (Å²) in [5.41, 5.74) is 4.78. The lowest BCUT2D eigenvalue weighted by Gasteiger charge is -2.52. The van der Waals surface area contributed by atoms with Gasteiger partial charge in [-0.25, -0.2) is 0 Å². The molecule has 48 heavy (non-hydrogen) atoms. The van der Waals surface area contributed by atoms with Gasteiger partial charge in [0, 0.05) is 48.3 Å². The van der Waals surface area contributed by atoms with E-state index in [4.69, 9.17) is 19.4 Å². The summed E-state index contributed by atoms with van der Waals surface area (Å²) in [4.78, 5) is 15.1. The number of ether oxygens (including phenoxy) is 2. The van der Waals surface area contributed by atoms with Gasteiger partial charge in [0.15, 0.2) is 0 Å². The number of piperidine rings is 6. The smallest absolute Gasteiger partial charge is 0.119 e. The number of hydrogen-bond acceptors (Lipinski definition) is 8. The highest BCUT2D eigenvalue weighted by Gasteiger charge is 2.46. The third-order valence-electron chi connectivity index (χ3n) is 11.8. The topological polar surface area (TPSA) is 50.7 Å². The zero-order valence-corrected chi connectivity index (χ0v) is 29.7. The lowest BCUT2D eigenvalue weighted by atomic mass is 9.74. The molecule has 10 rings (SSSR count). The summed E-state index contributed by atoms with van der Waals surface area (Å²) in [6.07, 6.45) is 13.3. The van der Waals surface area contributed by atoms with Gasteiger partial charge in [0.1, 0.15) is 11.5 Å². The van der Waals surface area contributed by atoms with E-state index < -0.39 is 0 Å². The summed E-state index contributed by atoms with van der Waals surface area (Å²) >= 11 is 0. The Morgan fingerprint density at radius 3 is 1.54 bits per heavy atom. The molecule has 6 fully saturated rings. The van der Waals surface area contributed by atoms with E-state index in [1.165, 1.54) is 47.6 Å². The molecule has 0 saturated carbocycles. The summed E-state index contributed by atoms with van der Waals surface area (Å²) in [7, 11) is 7.68. The van der Waals surface area contributed by atoms with E-state index in [0.717, 1.165) is 48.7 Å². The molecule has 0 N–H and O–H groups in total. The Kier molecular flexibility index (Phi) is 9.18. The maximum atomic E-state index is 5.73. The molecule has 2 unspecified atom stereocenters. The summed E-state index contributed by atoms with van der Waals surface area (Å²) in [5.74, 6) is 4.30. The van der Waals surface area contributed by atoms with Crippen molar-refractivity contribution in [1.82, 2.24) is 19.8 Å². The average Bonchev–Trinajstić information content (AvgIpc) is 3.16. The van der Waals surface area contributed by atoms with Gasteiger partial charge in [-0.2, -0.15) is 0 Å². The minimum atomic E-state index is 0.267.